The fourth-order valence-corrected chi connectivity index (χ4v) is 6.02. The van der Waals surface area contributed by atoms with Crippen molar-refractivity contribution in [2.75, 3.05) is 26.7 Å². The Kier molecular flexibility index (Phi) is 10.4. The summed E-state index contributed by atoms with van der Waals surface area (Å²) in [5, 5.41) is 10.9. The van der Waals surface area contributed by atoms with Crippen LogP contribution < -0.4 is 4.74 Å². The number of hydrogen-bond acceptors (Lipinski definition) is 4. The number of pyridine rings is 1. The number of benzene rings is 2. The van der Waals surface area contributed by atoms with Gasteiger partial charge in [0.2, 0.25) is 0 Å². The Morgan fingerprint density at radius 3 is 2.82 bits per heavy atom. The molecule has 1 aromatic heterocycles. The smallest absolute Gasteiger partial charge is 0.303 e. The molecule has 7 heteroatoms. The van der Waals surface area contributed by atoms with E-state index in [2.05, 4.69) is 16.0 Å². The van der Waals surface area contributed by atoms with Gasteiger partial charge in [-0.2, -0.15) is 0 Å². The molecule has 2 heterocycles. The van der Waals surface area contributed by atoms with Gasteiger partial charge in [0.1, 0.15) is 11.9 Å². The van der Waals surface area contributed by atoms with Crippen molar-refractivity contribution in [3.63, 3.8) is 0 Å². The molecule has 0 aliphatic carbocycles. The summed E-state index contributed by atoms with van der Waals surface area (Å²) in [6.45, 7) is 2.86. The maximum atomic E-state index is 15.6. The van der Waals surface area contributed by atoms with Crippen LogP contribution in [-0.4, -0.2) is 47.7 Å². The fraction of sp³-hybridized carbons (Fsp3) is 0.484. The number of aromatic nitrogens is 1. The van der Waals surface area contributed by atoms with Gasteiger partial charge in [-0.05, 0) is 111 Å². The zero-order valence-corrected chi connectivity index (χ0v) is 22.9. The number of piperidine rings is 1. The first kappa shape index (κ1) is 28.3. The zero-order valence-electron chi connectivity index (χ0n) is 22.1. The Labute approximate surface area is 230 Å². The van der Waals surface area contributed by atoms with E-state index in [0.29, 0.717) is 30.1 Å². The molecule has 0 amide bonds. The maximum absolute atomic E-state index is 15.6. The monoisotopic (exact) mass is 540 g/mol. The third-order valence-electron chi connectivity index (χ3n) is 7.94. The van der Waals surface area contributed by atoms with Crippen LogP contribution in [0.25, 0.3) is 10.9 Å². The largest absolute Gasteiger partial charge is 0.497 e. The standard InChI is InChI=1S/C31H38ClFN2O3/c1-38-25-11-13-30-27(20-25)26(15-17-34-30)29(33)12-9-22-16-19-35(21-24(22)10-14-31(36)37)18-5-4-7-23-6-2-3-8-28(23)32/h2-3,6,8,11,13,15,17,20,22,24,29H,4-5,7,9-10,12,14,16,18-19,21H2,1H3,(H,36,37)/t22-,24+,29?/m1/s1. The molecule has 0 bridgehead atoms. The van der Waals surface area contributed by atoms with Crippen LogP contribution in [0, 0.1) is 11.8 Å². The summed E-state index contributed by atoms with van der Waals surface area (Å²) < 4.78 is 20.9. The van der Waals surface area contributed by atoms with Crippen LogP contribution in [-0.2, 0) is 11.2 Å². The number of rotatable bonds is 13. The van der Waals surface area contributed by atoms with E-state index in [1.54, 1.807) is 19.4 Å². The predicted molar refractivity (Wildman–Crippen MR) is 151 cm³/mol. The summed E-state index contributed by atoms with van der Waals surface area (Å²) in [7, 11) is 1.60. The summed E-state index contributed by atoms with van der Waals surface area (Å²) in [5.74, 6) is 0.521. The number of halogens is 2. The van der Waals surface area contributed by atoms with Crippen LogP contribution in [0.3, 0.4) is 0 Å². The molecule has 1 aliphatic rings. The van der Waals surface area contributed by atoms with Crippen molar-refractivity contribution in [3.8, 4) is 5.75 Å². The number of fused-ring (bicyclic) bond motifs is 1. The van der Waals surface area contributed by atoms with Gasteiger partial charge < -0.3 is 14.7 Å². The number of nitrogens with zero attached hydrogens (tertiary/aromatic N) is 2. The highest BCUT2D eigenvalue weighted by Gasteiger charge is 2.30. The molecule has 1 saturated heterocycles. The summed E-state index contributed by atoms with van der Waals surface area (Å²) in [6, 6.07) is 15.3. The zero-order chi connectivity index (χ0) is 26.9. The molecule has 0 saturated carbocycles. The fourth-order valence-electron chi connectivity index (χ4n) is 5.79. The molecule has 4 rings (SSSR count). The van der Waals surface area contributed by atoms with E-state index in [1.165, 1.54) is 5.56 Å². The molecular formula is C31H38ClFN2O3. The number of aliphatic carboxylic acids is 1. The van der Waals surface area contributed by atoms with Crippen molar-refractivity contribution in [3.05, 3.63) is 70.9 Å². The number of methoxy groups -OCH3 is 1. The minimum atomic E-state index is -1.10. The average molecular weight is 541 g/mol. The Morgan fingerprint density at radius 1 is 1.18 bits per heavy atom. The van der Waals surface area contributed by atoms with Crippen molar-refractivity contribution >= 4 is 28.5 Å². The Hall–Kier alpha value is -2.70. The lowest BCUT2D eigenvalue weighted by atomic mass is 9.79. The van der Waals surface area contributed by atoms with Crippen LogP contribution in [0.4, 0.5) is 4.39 Å². The Balaban J connectivity index is 1.32. The van der Waals surface area contributed by atoms with Crippen LogP contribution in [0.15, 0.2) is 54.7 Å². The van der Waals surface area contributed by atoms with E-state index in [9.17, 15) is 9.90 Å². The summed E-state index contributed by atoms with van der Waals surface area (Å²) in [5.41, 5.74) is 2.59. The average Bonchev–Trinajstić information content (AvgIpc) is 2.93. The molecule has 1 fully saturated rings. The van der Waals surface area contributed by atoms with Gasteiger partial charge in [-0.1, -0.05) is 29.8 Å². The molecule has 3 atom stereocenters. The van der Waals surface area contributed by atoms with Gasteiger partial charge >= 0.3 is 5.97 Å². The Bertz CT molecular complexity index is 1210. The topological polar surface area (TPSA) is 62.7 Å². The second-order valence-corrected chi connectivity index (χ2v) is 10.8. The van der Waals surface area contributed by atoms with Gasteiger partial charge in [0.05, 0.1) is 12.6 Å². The molecular weight excluding hydrogens is 503 g/mol. The number of carbonyl (C=O) groups is 1. The van der Waals surface area contributed by atoms with Crippen molar-refractivity contribution in [2.45, 2.75) is 57.5 Å². The second-order valence-electron chi connectivity index (χ2n) is 10.4. The number of carboxylic acids is 1. The molecule has 0 radical (unpaired) electrons. The maximum Gasteiger partial charge on any atom is 0.303 e. The van der Waals surface area contributed by atoms with Gasteiger partial charge in [-0.3, -0.25) is 9.78 Å². The lowest BCUT2D eigenvalue weighted by Crippen LogP contribution is -2.41. The van der Waals surface area contributed by atoms with Gasteiger partial charge in [0.15, 0.2) is 0 Å². The molecule has 1 N–H and O–H groups in total. The van der Waals surface area contributed by atoms with Gasteiger partial charge in [0, 0.05) is 29.6 Å². The quantitative estimate of drug-likeness (QED) is 0.227. The molecule has 5 nitrogen and oxygen atoms in total. The van der Waals surface area contributed by atoms with Crippen LogP contribution in [0.5, 0.6) is 5.75 Å². The molecule has 3 aromatic rings. The molecule has 2 aromatic carbocycles. The lowest BCUT2D eigenvalue weighted by Gasteiger charge is -2.39. The highest BCUT2D eigenvalue weighted by molar-refractivity contribution is 6.31. The van der Waals surface area contributed by atoms with Gasteiger partial charge in [0.25, 0.3) is 0 Å². The van der Waals surface area contributed by atoms with Crippen molar-refractivity contribution < 1.29 is 19.0 Å². The highest BCUT2D eigenvalue weighted by Crippen LogP contribution is 2.36. The first-order chi connectivity index (χ1) is 18.4. The Morgan fingerprint density at radius 2 is 2.03 bits per heavy atom. The third kappa shape index (κ3) is 7.67. The van der Waals surface area contributed by atoms with Crippen molar-refractivity contribution in [1.29, 1.82) is 0 Å². The van der Waals surface area contributed by atoms with E-state index >= 15 is 4.39 Å². The summed E-state index contributed by atoms with van der Waals surface area (Å²) in [4.78, 5) is 18.2. The molecule has 204 valence electrons. The van der Waals surface area contributed by atoms with Crippen molar-refractivity contribution in [2.24, 2.45) is 11.8 Å². The number of likely N-dealkylation sites (tertiary alicyclic amines) is 1. The van der Waals surface area contributed by atoms with Crippen LogP contribution >= 0.6 is 11.6 Å². The second kappa shape index (κ2) is 13.9. The molecule has 1 aliphatic heterocycles. The van der Waals surface area contributed by atoms with Gasteiger partial charge in [-0.25, -0.2) is 4.39 Å². The first-order valence-electron chi connectivity index (χ1n) is 13.7. The first-order valence-corrected chi connectivity index (χ1v) is 14.1. The number of carboxylic acid groups (broad SMARTS) is 1. The predicted octanol–water partition coefficient (Wildman–Crippen LogP) is 7.51. The lowest BCUT2D eigenvalue weighted by molar-refractivity contribution is -0.137. The third-order valence-corrected chi connectivity index (χ3v) is 8.31. The van der Waals surface area contributed by atoms with E-state index in [1.807, 2.05) is 36.4 Å². The van der Waals surface area contributed by atoms with Crippen LogP contribution in [0.1, 0.15) is 62.2 Å². The minimum absolute atomic E-state index is 0.162. The number of hydrogen-bond donors (Lipinski definition) is 1. The van der Waals surface area contributed by atoms with E-state index < -0.39 is 12.1 Å². The molecule has 0 spiro atoms. The van der Waals surface area contributed by atoms with Crippen molar-refractivity contribution in [1.82, 2.24) is 9.88 Å². The number of ether oxygens (including phenoxy) is 1. The molecule has 38 heavy (non-hydrogen) atoms. The number of unbranched alkanes of at least 4 members (excludes halogenated alkanes) is 1. The van der Waals surface area contributed by atoms with Gasteiger partial charge in [-0.15, -0.1) is 0 Å². The summed E-state index contributed by atoms with van der Waals surface area (Å²) >= 11 is 6.29. The number of alkyl halides is 1. The van der Waals surface area contributed by atoms with Crippen LogP contribution in [0.2, 0.25) is 5.02 Å². The van der Waals surface area contributed by atoms with E-state index in [4.69, 9.17) is 16.3 Å². The molecule has 1 unspecified atom stereocenters. The highest BCUT2D eigenvalue weighted by atomic mass is 35.5. The number of aryl methyl sites for hydroxylation is 1. The summed E-state index contributed by atoms with van der Waals surface area (Å²) in [6.07, 6.45) is 6.62. The minimum Gasteiger partial charge on any atom is -0.497 e. The SMILES string of the molecule is COc1ccc2nccc(C(F)CC[C@@H]3CCN(CCCCc4ccccc4Cl)C[C@@H]3CCC(=O)O)c2c1. The van der Waals surface area contributed by atoms with E-state index in [0.717, 1.165) is 67.7 Å². The normalized spacial score (nSPS) is 18.9. The van der Waals surface area contributed by atoms with E-state index in [-0.39, 0.29) is 12.3 Å².